The topological polar surface area (TPSA) is 44.4 Å². The van der Waals surface area contributed by atoms with Gasteiger partial charge >= 0.3 is 0 Å². The van der Waals surface area contributed by atoms with E-state index < -0.39 is 0 Å². The van der Waals surface area contributed by atoms with E-state index in [0.717, 1.165) is 45.6 Å². The van der Waals surface area contributed by atoms with Crippen LogP contribution >= 0.6 is 24.8 Å². The van der Waals surface area contributed by atoms with Crippen molar-refractivity contribution in [2.45, 2.75) is 38.1 Å². The minimum Gasteiger partial charge on any atom is -0.354 e. The highest BCUT2D eigenvalue weighted by atomic mass is 35.5. The molecule has 1 aromatic rings. The molecular weight excluding hydrogens is 357 g/mol. The SMILES string of the molecule is Cl.Cl.O=C(CC1CCNCC1)NCC(c1ccccc1)N1CCCC1. The number of amides is 1. The summed E-state index contributed by atoms with van der Waals surface area (Å²) in [5.41, 5.74) is 1.32. The average molecular weight is 388 g/mol. The number of hydrogen-bond acceptors (Lipinski definition) is 3. The second kappa shape index (κ2) is 11.7. The standard InChI is InChI=1S/C19H29N3O.2ClH/c23-19(14-16-8-10-20-11-9-16)21-15-18(22-12-4-5-13-22)17-6-2-1-3-7-17;;/h1-3,6-7,16,18,20H,4-5,8-15H2,(H,21,23);2*1H. The molecule has 0 aliphatic carbocycles. The van der Waals surface area contributed by atoms with Gasteiger partial charge in [-0.2, -0.15) is 0 Å². The van der Waals surface area contributed by atoms with Crippen LogP contribution in [0.1, 0.15) is 43.7 Å². The Balaban J connectivity index is 0.00000156. The molecule has 0 spiro atoms. The number of carbonyl (C=O) groups excluding carboxylic acids is 1. The van der Waals surface area contributed by atoms with Gasteiger partial charge in [0.1, 0.15) is 0 Å². The van der Waals surface area contributed by atoms with Crippen LogP contribution in [0.2, 0.25) is 0 Å². The zero-order chi connectivity index (χ0) is 15.9. The largest absolute Gasteiger partial charge is 0.354 e. The average Bonchev–Trinajstić information content (AvgIpc) is 3.11. The van der Waals surface area contributed by atoms with Crippen molar-refractivity contribution < 1.29 is 4.79 Å². The van der Waals surface area contributed by atoms with Gasteiger partial charge in [-0.05, 0) is 63.3 Å². The number of nitrogens with zero attached hydrogens (tertiary/aromatic N) is 1. The maximum atomic E-state index is 12.3. The van der Waals surface area contributed by atoms with Crippen molar-refractivity contribution in [2.24, 2.45) is 5.92 Å². The lowest BCUT2D eigenvalue weighted by atomic mass is 9.94. The molecule has 0 radical (unpaired) electrons. The van der Waals surface area contributed by atoms with E-state index in [2.05, 4.69) is 45.9 Å². The third kappa shape index (κ3) is 6.78. The summed E-state index contributed by atoms with van der Waals surface area (Å²) in [6.07, 6.45) is 5.48. The van der Waals surface area contributed by atoms with E-state index >= 15 is 0 Å². The molecule has 1 aromatic carbocycles. The van der Waals surface area contributed by atoms with E-state index in [4.69, 9.17) is 0 Å². The van der Waals surface area contributed by atoms with Crippen LogP contribution in [0.15, 0.2) is 30.3 Å². The molecule has 1 atom stereocenters. The number of hydrogen-bond donors (Lipinski definition) is 2. The number of nitrogens with one attached hydrogen (secondary N) is 2. The Labute approximate surface area is 163 Å². The second-order valence-electron chi connectivity index (χ2n) is 6.87. The fourth-order valence-electron chi connectivity index (χ4n) is 3.82. The predicted octanol–water partition coefficient (Wildman–Crippen LogP) is 3.17. The molecule has 2 aliphatic heterocycles. The van der Waals surface area contributed by atoms with Crippen LogP contribution in [0, 0.1) is 5.92 Å². The normalized spacial score (nSPS) is 19.5. The molecule has 2 saturated heterocycles. The van der Waals surface area contributed by atoms with Crippen molar-refractivity contribution in [3.63, 3.8) is 0 Å². The molecule has 2 N–H and O–H groups in total. The molecule has 1 amide bonds. The number of benzene rings is 1. The van der Waals surface area contributed by atoms with Crippen molar-refractivity contribution in [2.75, 3.05) is 32.7 Å². The smallest absolute Gasteiger partial charge is 0.220 e. The van der Waals surface area contributed by atoms with Gasteiger partial charge in [-0.15, -0.1) is 24.8 Å². The lowest BCUT2D eigenvalue weighted by Gasteiger charge is -2.29. The van der Waals surface area contributed by atoms with Crippen LogP contribution in [0.25, 0.3) is 0 Å². The van der Waals surface area contributed by atoms with Gasteiger partial charge in [0.25, 0.3) is 0 Å². The summed E-state index contributed by atoms with van der Waals surface area (Å²) in [6.45, 7) is 5.12. The molecule has 142 valence electrons. The van der Waals surface area contributed by atoms with Crippen LogP contribution in [-0.2, 0) is 4.79 Å². The van der Waals surface area contributed by atoms with Crippen LogP contribution in [0.4, 0.5) is 0 Å². The third-order valence-corrected chi connectivity index (χ3v) is 5.19. The van der Waals surface area contributed by atoms with Gasteiger partial charge in [-0.3, -0.25) is 9.69 Å². The Morgan fingerprint density at radius 1 is 1.12 bits per heavy atom. The Morgan fingerprint density at radius 3 is 2.40 bits per heavy atom. The lowest BCUT2D eigenvalue weighted by molar-refractivity contribution is -0.122. The molecule has 2 fully saturated rings. The van der Waals surface area contributed by atoms with E-state index in [0.29, 0.717) is 18.4 Å². The van der Waals surface area contributed by atoms with Crippen molar-refractivity contribution in [1.82, 2.24) is 15.5 Å². The molecule has 1 unspecified atom stereocenters. The van der Waals surface area contributed by atoms with E-state index in [9.17, 15) is 4.79 Å². The third-order valence-electron chi connectivity index (χ3n) is 5.19. The summed E-state index contributed by atoms with van der Waals surface area (Å²) in [7, 11) is 0. The van der Waals surface area contributed by atoms with Gasteiger partial charge in [0.15, 0.2) is 0 Å². The summed E-state index contributed by atoms with van der Waals surface area (Å²) in [6, 6.07) is 10.9. The van der Waals surface area contributed by atoms with E-state index in [1.165, 1.54) is 18.4 Å². The van der Waals surface area contributed by atoms with Gasteiger partial charge < -0.3 is 10.6 Å². The minimum absolute atomic E-state index is 0. The molecule has 25 heavy (non-hydrogen) atoms. The highest BCUT2D eigenvalue weighted by molar-refractivity contribution is 5.85. The van der Waals surface area contributed by atoms with E-state index in [1.54, 1.807) is 0 Å². The van der Waals surface area contributed by atoms with Gasteiger partial charge in [0, 0.05) is 13.0 Å². The summed E-state index contributed by atoms with van der Waals surface area (Å²) in [5.74, 6) is 0.773. The molecule has 2 heterocycles. The number of carbonyl (C=O) groups is 1. The first-order valence-corrected chi connectivity index (χ1v) is 9.09. The van der Waals surface area contributed by atoms with Crippen molar-refractivity contribution >= 4 is 30.7 Å². The Morgan fingerprint density at radius 2 is 1.76 bits per heavy atom. The second-order valence-corrected chi connectivity index (χ2v) is 6.87. The molecule has 0 bridgehead atoms. The number of likely N-dealkylation sites (tertiary alicyclic amines) is 1. The van der Waals surface area contributed by atoms with Crippen LogP contribution in [0.3, 0.4) is 0 Å². The number of halogens is 2. The van der Waals surface area contributed by atoms with Gasteiger partial charge in [-0.25, -0.2) is 0 Å². The minimum atomic E-state index is 0. The maximum Gasteiger partial charge on any atom is 0.220 e. The fraction of sp³-hybridized carbons (Fsp3) is 0.632. The number of piperidine rings is 1. The first-order chi connectivity index (χ1) is 11.3. The Bertz CT molecular complexity index is 489. The van der Waals surface area contributed by atoms with Crippen LogP contribution in [-0.4, -0.2) is 43.5 Å². The lowest BCUT2D eigenvalue weighted by Crippen LogP contribution is -2.38. The van der Waals surface area contributed by atoms with Gasteiger partial charge in [0.2, 0.25) is 5.91 Å². The molecule has 2 aliphatic rings. The highest BCUT2D eigenvalue weighted by Crippen LogP contribution is 2.24. The monoisotopic (exact) mass is 387 g/mol. The quantitative estimate of drug-likeness (QED) is 0.787. The summed E-state index contributed by atoms with van der Waals surface area (Å²) >= 11 is 0. The molecular formula is C19H31Cl2N3O. The first kappa shape index (κ1) is 22.2. The van der Waals surface area contributed by atoms with Crippen molar-refractivity contribution in [1.29, 1.82) is 0 Å². The van der Waals surface area contributed by atoms with Crippen LogP contribution in [0.5, 0.6) is 0 Å². The van der Waals surface area contributed by atoms with Crippen molar-refractivity contribution in [3.05, 3.63) is 35.9 Å². The van der Waals surface area contributed by atoms with E-state index in [1.807, 2.05) is 0 Å². The number of rotatable bonds is 6. The molecule has 6 heteroatoms. The predicted molar refractivity (Wildman–Crippen MR) is 108 cm³/mol. The fourth-order valence-corrected chi connectivity index (χ4v) is 3.82. The maximum absolute atomic E-state index is 12.3. The van der Waals surface area contributed by atoms with Crippen molar-refractivity contribution in [3.8, 4) is 0 Å². The van der Waals surface area contributed by atoms with Gasteiger partial charge in [0.05, 0.1) is 6.04 Å². The molecule has 0 aromatic heterocycles. The van der Waals surface area contributed by atoms with Gasteiger partial charge in [-0.1, -0.05) is 30.3 Å². The summed E-state index contributed by atoms with van der Waals surface area (Å²) in [4.78, 5) is 14.8. The molecule has 3 rings (SSSR count). The summed E-state index contributed by atoms with van der Waals surface area (Å²) < 4.78 is 0. The zero-order valence-corrected chi connectivity index (χ0v) is 16.4. The highest BCUT2D eigenvalue weighted by Gasteiger charge is 2.24. The Hall–Kier alpha value is -0.810. The molecule has 0 saturated carbocycles. The summed E-state index contributed by atoms with van der Waals surface area (Å²) in [5, 5.41) is 6.56. The zero-order valence-electron chi connectivity index (χ0n) is 14.8. The van der Waals surface area contributed by atoms with E-state index in [-0.39, 0.29) is 30.7 Å². The Kier molecular flexibility index (Phi) is 10.4. The van der Waals surface area contributed by atoms with Crippen LogP contribution < -0.4 is 10.6 Å². The molecule has 4 nitrogen and oxygen atoms in total. The first-order valence-electron chi connectivity index (χ1n) is 9.09.